The van der Waals surface area contributed by atoms with E-state index in [-0.39, 0.29) is 5.75 Å². The third kappa shape index (κ3) is 17.0. The van der Waals surface area contributed by atoms with E-state index in [4.69, 9.17) is 14.0 Å². The van der Waals surface area contributed by atoms with Crippen molar-refractivity contribution < 1.29 is 26.9 Å². The Hall–Kier alpha value is -0.210. The van der Waals surface area contributed by atoms with Crippen LogP contribution in [0.5, 0.6) is 0 Å². The summed E-state index contributed by atoms with van der Waals surface area (Å²) in [6.07, 6.45) is 8.93. The zero-order valence-electron chi connectivity index (χ0n) is 16.5. The van der Waals surface area contributed by atoms with Gasteiger partial charge in [-0.25, -0.2) is 0 Å². The lowest BCUT2D eigenvalue weighted by molar-refractivity contribution is -0.910. The van der Waals surface area contributed by atoms with Gasteiger partial charge < -0.3 is 14.0 Å². The zero-order chi connectivity index (χ0) is 19.0. The summed E-state index contributed by atoms with van der Waals surface area (Å²) in [6, 6.07) is 0. The van der Waals surface area contributed by atoms with Gasteiger partial charge in [0.05, 0.1) is 45.7 Å². The number of hydrogen-bond acceptors (Lipinski definition) is 4. The fourth-order valence-corrected chi connectivity index (χ4v) is 3.49. The quantitative estimate of drug-likeness (QED) is 0.224. The van der Waals surface area contributed by atoms with Gasteiger partial charge in [-0.05, 0) is 25.7 Å². The molecule has 0 amide bonds. The van der Waals surface area contributed by atoms with E-state index in [9.17, 15) is 8.42 Å². The molecule has 0 radical (unpaired) electrons. The van der Waals surface area contributed by atoms with Crippen LogP contribution in [0.15, 0.2) is 0 Å². The van der Waals surface area contributed by atoms with E-state index in [1.165, 1.54) is 38.5 Å². The maximum Gasteiger partial charge on any atom is 0.264 e. The van der Waals surface area contributed by atoms with E-state index >= 15 is 0 Å². The van der Waals surface area contributed by atoms with Gasteiger partial charge in [-0.3, -0.25) is 4.55 Å². The Bertz CT molecular complexity index is 402. The molecule has 152 valence electrons. The molecule has 0 fully saturated rings. The summed E-state index contributed by atoms with van der Waals surface area (Å²) in [7, 11) is 0.0410. The second kappa shape index (κ2) is 14.9. The first-order valence-electron chi connectivity index (χ1n) is 9.68. The van der Waals surface area contributed by atoms with E-state index in [2.05, 4.69) is 14.0 Å². The van der Waals surface area contributed by atoms with Crippen LogP contribution in [0.3, 0.4) is 0 Å². The highest BCUT2D eigenvalue weighted by Gasteiger charge is 2.21. The lowest BCUT2D eigenvalue weighted by Gasteiger charge is -2.35. The minimum absolute atomic E-state index is 0.144. The van der Waals surface area contributed by atoms with Crippen LogP contribution in [0, 0.1) is 0 Å². The van der Waals surface area contributed by atoms with E-state index < -0.39 is 10.1 Å². The molecule has 7 heteroatoms. The minimum Gasteiger partial charge on any atom is -0.382 e. The maximum absolute atomic E-state index is 10.8. The van der Waals surface area contributed by atoms with Gasteiger partial charge in [0, 0.05) is 7.11 Å². The van der Waals surface area contributed by atoms with Crippen molar-refractivity contribution in [1.29, 1.82) is 0 Å². The van der Waals surface area contributed by atoms with Crippen molar-refractivity contribution in [2.24, 2.45) is 0 Å². The second-order valence-corrected chi connectivity index (χ2v) is 8.73. The number of ether oxygens (including phenoxy) is 2. The lowest BCUT2D eigenvalue weighted by Crippen LogP contribution is -2.48. The van der Waals surface area contributed by atoms with Crippen molar-refractivity contribution in [3.05, 3.63) is 0 Å². The molecule has 0 spiro atoms. The molecule has 0 bridgehead atoms. The highest BCUT2D eigenvalue weighted by molar-refractivity contribution is 7.85. The van der Waals surface area contributed by atoms with Crippen LogP contribution in [0.4, 0.5) is 0 Å². The molecule has 0 heterocycles. The SMILES string of the molecule is CCCCCCCC[N+](C)(CCCCS(=O)(=O)O)CCOCCOC. The molecule has 0 aliphatic rings. The van der Waals surface area contributed by atoms with Gasteiger partial charge in [-0.2, -0.15) is 8.42 Å². The summed E-state index contributed by atoms with van der Waals surface area (Å²) in [4.78, 5) is 0. The molecule has 25 heavy (non-hydrogen) atoms. The molecular weight excluding hydrogens is 342 g/mol. The number of rotatable bonds is 18. The number of methoxy groups -OCH3 is 1. The minimum atomic E-state index is -3.84. The van der Waals surface area contributed by atoms with Gasteiger partial charge in [-0.1, -0.05) is 32.6 Å². The van der Waals surface area contributed by atoms with Crippen molar-refractivity contribution >= 4 is 10.1 Å². The molecule has 1 atom stereocenters. The normalized spacial score (nSPS) is 14.6. The van der Waals surface area contributed by atoms with Gasteiger partial charge >= 0.3 is 0 Å². The van der Waals surface area contributed by atoms with Crippen molar-refractivity contribution in [1.82, 2.24) is 0 Å². The Balaban J connectivity index is 4.18. The third-order valence-corrected chi connectivity index (χ3v) is 5.41. The Kier molecular flexibility index (Phi) is 14.8. The van der Waals surface area contributed by atoms with E-state index in [0.717, 1.165) is 30.5 Å². The first kappa shape index (κ1) is 24.8. The Morgan fingerprint density at radius 2 is 1.44 bits per heavy atom. The average Bonchev–Trinajstić information content (AvgIpc) is 2.54. The molecular formula is C18H40NO5S+. The van der Waals surface area contributed by atoms with Gasteiger partial charge in [0.15, 0.2) is 0 Å². The molecule has 0 aromatic rings. The number of nitrogens with zero attached hydrogens (tertiary/aromatic N) is 1. The topological polar surface area (TPSA) is 72.8 Å². The van der Waals surface area contributed by atoms with Crippen LogP contribution in [0.25, 0.3) is 0 Å². The standard InChI is InChI=1S/C18H39NO5S/c1-4-5-6-7-8-9-12-19(2,14-15-24-17-16-23-3)13-10-11-18-25(20,21)22/h4-18H2,1-3H3/p+1. The number of hydrogen-bond donors (Lipinski definition) is 1. The molecule has 0 saturated carbocycles. The molecule has 0 aliphatic carbocycles. The maximum atomic E-state index is 10.8. The van der Waals surface area contributed by atoms with Crippen LogP contribution in [-0.4, -0.2) is 76.8 Å². The fraction of sp³-hybridized carbons (Fsp3) is 1.00. The highest BCUT2D eigenvalue weighted by atomic mass is 32.2. The molecule has 0 aromatic carbocycles. The number of unbranched alkanes of at least 4 members (excludes halogenated alkanes) is 6. The summed E-state index contributed by atoms with van der Waals surface area (Å²) < 4.78 is 42.0. The van der Waals surface area contributed by atoms with Crippen LogP contribution < -0.4 is 0 Å². The first-order chi connectivity index (χ1) is 11.8. The van der Waals surface area contributed by atoms with Crippen molar-refractivity contribution in [2.75, 3.05) is 59.4 Å². The molecule has 1 unspecified atom stereocenters. The Morgan fingerprint density at radius 3 is 2.04 bits per heavy atom. The Labute approximate surface area is 155 Å². The molecule has 0 aromatic heterocycles. The predicted octanol–water partition coefficient (Wildman–Crippen LogP) is 3.12. The van der Waals surface area contributed by atoms with Gasteiger partial charge in [0.1, 0.15) is 6.54 Å². The van der Waals surface area contributed by atoms with E-state index in [1.807, 2.05) is 0 Å². The predicted molar refractivity (Wildman–Crippen MR) is 103 cm³/mol. The number of likely N-dealkylation sites (N-methyl/N-ethyl adjacent to an activating group) is 1. The van der Waals surface area contributed by atoms with E-state index in [0.29, 0.717) is 26.2 Å². The largest absolute Gasteiger partial charge is 0.382 e. The van der Waals surface area contributed by atoms with Gasteiger partial charge in [0.2, 0.25) is 0 Å². The molecule has 0 saturated heterocycles. The highest BCUT2D eigenvalue weighted by Crippen LogP contribution is 2.12. The Morgan fingerprint density at radius 1 is 0.840 bits per heavy atom. The second-order valence-electron chi connectivity index (χ2n) is 7.16. The van der Waals surface area contributed by atoms with Crippen molar-refractivity contribution in [2.45, 2.75) is 58.3 Å². The fourth-order valence-electron chi connectivity index (χ4n) is 2.92. The summed E-state index contributed by atoms with van der Waals surface area (Å²) in [5, 5.41) is 0. The average molecular weight is 383 g/mol. The first-order valence-corrected chi connectivity index (χ1v) is 11.3. The van der Waals surface area contributed by atoms with Crippen LogP contribution in [0.2, 0.25) is 0 Å². The molecule has 0 rings (SSSR count). The summed E-state index contributed by atoms with van der Waals surface area (Å²) >= 11 is 0. The van der Waals surface area contributed by atoms with Crippen LogP contribution in [-0.2, 0) is 19.6 Å². The lowest BCUT2D eigenvalue weighted by atomic mass is 10.1. The van der Waals surface area contributed by atoms with E-state index in [1.54, 1.807) is 7.11 Å². The summed E-state index contributed by atoms with van der Waals surface area (Å²) in [5.74, 6) is -0.144. The van der Waals surface area contributed by atoms with Crippen molar-refractivity contribution in [3.63, 3.8) is 0 Å². The molecule has 0 aliphatic heterocycles. The smallest absolute Gasteiger partial charge is 0.264 e. The van der Waals surface area contributed by atoms with Gasteiger partial charge in [-0.15, -0.1) is 0 Å². The molecule has 6 nitrogen and oxygen atoms in total. The monoisotopic (exact) mass is 382 g/mol. The third-order valence-electron chi connectivity index (χ3n) is 4.61. The summed E-state index contributed by atoms with van der Waals surface area (Å²) in [6.45, 7) is 7.05. The van der Waals surface area contributed by atoms with Crippen LogP contribution in [0.1, 0.15) is 58.3 Å². The van der Waals surface area contributed by atoms with Crippen molar-refractivity contribution in [3.8, 4) is 0 Å². The number of quaternary nitrogens is 1. The molecule has 1 N–H and O–H groups in total. The summed E-state index contributed by atoms with van der Waals surface area (Å²) in [5.41, 5.74) is 0. The zero-order valence-corrected chi connectivity index (χ0v) is 17.4. The van der Waals surface area contributed by atoms with Crippen LogP contribution >= 0.6 is 0 Å². The van der Waals surface area contributed by atoms with Gasteiger partial charge in [0.25, 0.3) is 10.1 Å².